The average molecular weight is 342 g/mol. The lowest BCUT2D eigenvalue weighted by atomic mass is 10.1. The number of aromatic nitrogens is 2. The average Bonchev–Trinajstić information content (AvgIpc) is 2.99. The number of nitrogens with zero attached hydrogens (tertiary/aromatic N) is 4. The Kier molecular flexibility index (Phi) is 6.62. The van der Waals surface area contributed by atoms with Crippen LogP contribution in [-0.2, 0) is 11.3 Å². The Morgan fingerprint density at radius 2 is 1.68 bits per heavy atom. The Balaban J connectivity index is 2.32. The van der Waals surface area contributed by atoms with Gasteiger partial charge in [-0.1, -0.05) is 43.7 Å². The highest BCUT2D eigenvalue weighted by molar-refractivity contribution is 5.77. The van der Waals surface area contributed by atoms with E-state index in [9.17, 15) is 4.79 Å². The molecule has 0 unspecified atom stereocenters. The molecule has 0 saturated heterocycles. The van der Waals surface area contributed by atoms with Gasteiger partial charge in [-0.25, -0.2) is 0 Å². The summed E-state index contributed by atoms with van der Waals surface area (Å²) in [6.45, 7) is 8.15. The molecule has 0 aliphatic carbocycles. The van der Waals surface area contributed by atoms with Gasteiger partial charge in [0.05, 0.1) is 5.69 Å². The molecular weight excluding hydrogens is 312 g/mol. The number of benzene rings is 1. The van der Waals surface area contributed by atoms with Crippen molar-refractivity contribution in [2.24, 2.45) is 0 Å². The summed E-state index contributed by atoms with van der Waals surface area (Å²) in [4.78, 5) is 16.7. The fourth-order valence-corrected chi connectivity index (χ4v) is 2.83. The van der Waals surface area contributed by atoms with Crippen molar-refractivity contribution in [3.63, 3.8) is 0 Å². The summed E-state index contributed by atoms with van der Waals surface area (Å²) in [5, 5.41) is 4.65. The van der Waals surface area contributed by atoms with E-state index in [0.29, 0.717) is 0 Å². The minimum Gasteiger partial charge on any atom is -0.361 e. The Hall–Kier alpha value is -2.30. The van der Waals surface area contributed by atoms with E-state index in [4.69, 9.17) is 0 Å². The van der Waals surface area contributed by atoms with Crippen LogP contribution in [0.3, 0.4) is 0 Å². The predicted molar refractivity (Wildman–Crippen MR) is 104 cm³/mol. The van der Waals surface area contributed by atoms with Crippen LogP contribution in [0.15, 0.2) is 30.3 Å². The third-order valence-corrected chi connectivity index (χ3v) is 4.20. The SMILES string of the molecule is CCCN(CCC)C(=O)Cn1nc(N(C)C)cc1-c1ccc(C)cc1. The van der Waals surface area contributed by atoms with Crippen LogP contribution in [0.2, 0.25) is 0 Å². The van der Waals surface area contributed by atoms with E-state index in [-0.39, 0.29) is 12.5 Å². The summed E-state index contributed by atoms with van der Waals surface area (Å²) in [5.74, 6) is 0.992. The molecule has 0 fully saturated rings. The molecule has 1 amide bonds. The highest BCUT2D eigenvalue weighted by atomic mass is 16.2. The molecule has 0 saturated carbocycles. The van der Waals surface area contributed by atoms with Crippen LogP contribution in [0.5, 0.6) is 0 Å². The minimum atomic E-state index is 0.130. The zero-order valence-electron chi connectivity index (χ0n) is 16.1. The molecule has 25 heavy (non-hydrogen) atoms. The second-order valence-electron chi connectivity index (χ2n) is 6.69. The first-order valence-electron chi connectivity index (χ1n) is 9.06. The quantitative estimate of drug-likeness (QED) is 0.736. The summed E-state index contributed by atoms with van der Waals surface area (Å²) < 4.78 is 1.83. The number of rotatable bonds is 8. The van der Waals surface area contributed by atoms with Crippen LogP contribution in [0.25, 0.3) is 11.3 Å². The lowest BCUT2D eigenvalue weighted by Gasteiger charge is -2.22. The summed E-state index contributed by atoms with van der Waals surface area (Å²) in [6.07, 6.45) is 1.94. The van der Waals surface area contributed by atoms with Gasteiger partial charge in [-0.05, 0) is 25.3 Å². The molecule has 0 atom stereocenters. The van der Waals surface area contributed by atoms with Gasteiger partial charge in [-0.3, -0.25) is 9.48 Å². The van der Waals surface area contributed by atoms with Crippen LogP contribution < -0.4 is 4.90 Å². The second kappa shape index (κ2) is 8.70. The first kappa shape index (κ1) is 19.0. The molecule has 136 valence electrons. The molecule has 0 radical (unpaired) electrons. The van der Waals surface area contributed by atoms with E-state index in [0.717, 1.165) is 43.0 Å². The molecule has 1 aromatic carbocycles. The standard InChI is InChI=1S/C20H30N4O/c1-6-12-23(13-7-2)20(25)15-24-18(14-19(21-24)22(4)5)17-10-8-16(3)9-11-17/h8-11,14H,6-7,12-13,15H2,1-5H3. The lowest BCUT2D eigenvalue weighted by molar-refractivity contribution is -0.132. The lowest BCUT2D eigenvalue weighted by Crippen LogP contribution is -2.35. The van der Waals surface area contributed by atoms with Gasteiger partial charge in [-0.15, -0.1) is 0 Å². The van der Waals surface area contributed by atoms with Crippen molar-refractivity contribution in [3.05, 3.63) is 35.9 Å². The second-order valence-corrected chi connectivity index (χ2v) is 6.69. The molecular formula is C20H30N4O. The van der Waals surface area contributed by atoms with Gasteiger partial charge < -0.3 is 9.80 Å². The Morgan fingerprint density at radius 1 is 1.08 bits per heavy atom. The molecule has 0 spiro atoms. The number of carbonyl (C=O) groups excluding carboxylic acids is 1. The summed E-state index contributed by atoms with van der Waals surface area (Å²) in [6, 6.07) is 10.4. The third kappa shape index (κ3) is 4.84. The van der Waals surface area contributed by atoms with Gasteiger partial charge in [0.15, 0.2) is 5.82 Å². The van der Waals surface area contributed by atoms with Gasteiger partial charge in [-0.2, -0.15) is 5.10 Å². The van der Waals surface area contributed by atoms with Crippen molar-refractivity contribution in [3.8, 4) is 11.3 Å². The van der Waals surface area contributed by atoms with Crippen molar-refractivity contribution >= 4 is 11.7 Å². The van der Waals surface area contributed by atoms with Crippen molar-refractivity contribution in [1.82, 2.24) is 14.7 Å². The molecule has 0 bridgehead atoms. The van der Waals surface area contributed by atoms with Crippen molar-refractivity contribution in [2.75, 3.05) is 32.1 Å². The normalized spacial score (nSPS) is 10.8. The molecule has 5 nitrogen and oxygen atoms in total. The van der Waals surface area contributed by atoms with E-state index in [1.807, 2.05) is 34.6 Å². The maximum absolute atomic E-state index is 12.8. The topological polar surface area (TPSA) is 41.4 Å². The Morgan fingerprint density at radius 3 is 2.20 bits per heavy atom. The molecule has 2 aromatic rings. The maximum atomic E-state index is 12.8. The highest BCUT2D eigenvalue weighted by Gasteiger charge is 2.17. The van der Waals surface area contributed by atoms with E-state index in [1.54, 1.807) is 0 Å². The molecule has 0 N–H and O–H groups in total. The van der Waals surface area contributed by atoms with E-state index < -0.39 is 0 Å². The largest absolute Gasteiger partial charge is 0.361 e. The van der Waals surface area contributed by atoms with Crippen molar-refractivity contribution in [1.29, 1.82) is 0 Å². The maximum Gasteiger partial charge on any atom is 0.244 e. The number of hydrogen-bond acceptors (Lipinski definition) is 3. The monoisotopic (exact) mass is 342 g/mol. The molecule has 1 aromatic heterocycles. The predicted octanol–water partition coefficient (Wildman–Crippen LogP) is 3.57. The van der Waals surface area contributed by atoms with Crippen LogP contribution in [0.1, 0.15) is 32.3 Å². The minimum absolute atomic E-state index is 0.130. The third-order valence-electron chi connectivity index (χ3n) is 4.20. The van der Waals surface area contributed by atoms with E-state index in [1.165, 1.54) is 5.56 Å². The molecule has 0 aliphatic heterocycles. The molecule has 0 aliphatic rings. The number of anilines is 1. The van der Waals surface area contributed by atoms with Gasteiger partial charge in [0.1, 0.15) is 6.54 Å². The molecule has 5 heteroatoms. The number of hydrogen-bond donors (Lipinski definition) is 0. The summed E-state index contributed by atoms with van der Waals surface area (Å²) in [5.41, 5.74) is 3.28. The zero-order valence-corrected chi connectivity index (χ0v) is 16.1. The number of aryl methyl sites for hydroxylation is 1. The van der Waals surface area contributed by atoms with Crippen LogP contribution in [0, 0.1) is 6.92 Å². The molecule has 1 heterocycles. The van der Waals surface area contributed by atoms with Crippen LogP contribution >= 0.6 is 0 Å². The summed E-state index contributed by atoms with van der Waals surface area (Å²) >= 11 is 0. The Labute approximate surface area is 151 Å². The fraction of sp³-hybridized carbons (Fsp3) is 0.500. The smallest absolute Gasteiger partial charge is 0.244 e. The molecule has 2 rings (SSSR count). The first-order valence-corrected chi connectivity index (χ1v) is 9.06. The number of carbonyl (C=O) groups is 1. The van der Waals surface area contributed by atoms with Crippen molar-refractivity contribution in [2.45, 2.75) is 40.2 Å². The fourth-order valence-electron chi connectivity index (χ4n) is 2.83. The summed E-state index contributed by atoms with van der Waals surface area (Å²) in [7, 11) is 3.93. The highest BCUT2D eigenvalue weighted by Crippen LogP contribution is 2.24. The van der Waals surface area contributed by atoms with Gasteiger partial charge >= 0.3 is 0 Å². The van der Waals surface area contributed by atoms with Crippen molar-refractivity contribution < 1.29 is 4.79 Å². The van der Waals surface area contributed by atoms with Crippen LogP contribution in [-0.4, -0.2) is 47.8 Å². The van der Waals surface area contributed by atoms with Gasteiger partial charge in [0, 0.05) is 33.3 Å². The van der Waals surface area contributed by atoms with E-state index >= 15 is 0 Å². The first-order chi connectivity index (χ1) is 12.0. The zero-order chi connectivity index (χ0) is 18.4. The Bertz CT molecular complexity index is 682. The van der Waals surface area contributed by atoms with E-state index in [2.05, 4.69) is 50.1 Å². The number of amides is 1. The van der Waals surface area contributed by atoms with Gasteiger partial charge in [0.2, 0.25) is 5.91 Å². The van der Waals surface area contributed by atoms with Gasteiger partial charge in [0.25, 0.3) is 0 Å². The van der Waals surface area contributed by atoms with Crippen LogP contribution in [0.4, 0.5) is 5.82 Å².